The maximum Gasteiger partial charge on any atom is 0.338 e. The Morgan fingerprint density at radius 3 is 2.71 bits per heavy atom. The predicted molar refractivity (Wildman–Crippen MR) is 114 cm³/mol. The van der Waals surface area contributed by atoms with Gasteiger partial charge in [0.05, 0.1) is 17.3 Å². The van der Waals surface area contributed by atoms with Crippen LogP contribution in [0.25, 0.3) is 0 Å². The summed E-state index contributed by atoms with van der Waals surface area (Å²) in [6, 6.07) is 12.5. The van der Waals surface area contributed by atoms with E-state index in [2.05, 4.69) is 10.6 Å². The highest BCUT2D eigenvalue weighted by Gasteiger charge is 2.42. The fourth-order valence-electron chi connectivity index (χ4n) is 4.48. The Kier molecular flexibility index (Phi) is 4.73. The van der Waals surface area contributed by atoms with E-state index in [1.165, 1.54) is 16.0 Å². The number of benzene rings is 2. The topological polar surface area (TPSA) is 87.7 Å². The lowest BCUT2D eigenvalue weighted by Crippen LogP contribution is -2.49. The van der Waals surface area contributed by atoms with Crippen molar-refractivity contribution in [1.82, 2.24) is 10.2 Å². The number of carbonyl (C=O) groups excluding carboxylic acids is 3. The molecule has 0 bridgehead atoms. The van der Waals surface area contributed by atoms with Crippen molar-refractivity contribution in [3.05, 3.63) is 76.0 Å². The molecule has 5 rings (SSSR count). The number of hydrogen-bond donors (Lipinski definition) is 2. The fraction of sp³-hybridized carbons (Fsp3) is 0.292. The summed E-state index contributed by atoms with van der Waals surface area (Å²) >= 11 is 0. The molecule has 0 saturated carbocycles. The molecule has 0 radical (unpaired) electrons. The van der Waals surface area contributed by atoms with Crippen LogP contribution in [-0.2, 0) is 27.2 Å². The molecule has 0 aromatic heterocycles. The second kappa shape index (κ2) is 7.58. The van der Waals surface area contributed by atoms with Crippen molar-refractivity contribution in [2.45, 2.75) is 32.2 Å². The maximum atomic E-state index is 12.9. The van der Waals surface area contributed by atoms with E-state index in [-0.39, 0.29) is 19.1 Å². The van der Waals surface area contributed by atoms with Crippen molar-refractivity contribution in [3.63, 3.8) is 0 Å². The van der Waals surface area contributed by atoms with Crippen molar-refractivity contribution in [2.75, 3.05) is 18.5 Å². The summed E-state index contributed by atoms with van der Waals surface area (Å²) < 4.78 is 5.23. The Morgan fingerprint density at radius 2 is 1.90 bits per heavy atom. The van der Waals surface area contributed by atoms with E-state index < -0.39 is 18.0 Å². The molecule has 3 amide bonds. The van der Waals surface area contributed by atoms with Crippen LogP contribution in [0.4, 0.5) is 10.5 Å². The Hall–Kier alpha value is -3.61. The molecular formula is C24H23N3O4. The number of fused-ring (bicyclic) bond motifs is 1. The predicted octanol–water partition coefficient (Wildman–Crippen LogP) is 3.00. The molecule has 158 valence electrons. The van der Waals surface area contributed by atoms with Gasteiger partial charge in [-0.3, -0.25) is 9.69 Å². The molecule has 31 heavy (non-hydrogen) atoms. The number of nitrogens with one attached hydrogen (secondary N) is 2. The number of cyclic esters (lactones) is 1. The number of amides is 3. The molecule has 3 aliphatic rings. The number of hydrogen-bond acceptors (Lipinski definition) is 4. The van der Waals surface area contributed by atoms with Crippen molar-refractivity contribution in [3.8, 4) is 0 Å². The highest BCUT2D eigenvalue weighted by molar-refractivity contribution is 6.00. The molecule has 2 aromatic carbocycles. The first-order valence-corrected chi connectivity index (χ1v) is 10.5. The van der Waals surface area contributed by atoms with Gasteiger partial charge in [-0.2, -0.15) is 0 Å². The lowest BCUT2D eigenvalue weighted by Gasteiger charge is -2.32. The summed E-state index contributed by atoms with van der Waals surface area (Å²) in [6.07, 6.45) is 3.22. The van der Waals surface area contributed by atoms with Crippen molar-refractivity contribution in [1.29, 1.82) is 0 Å². The lowest BCUT2D eigenvalue weighted by atomic mass is 9.95. The number of urea groups is 1. The summed E-state index contributed by atoms with van der Waals surface area (Å²) in [7, 11) is 0. The van der Waals surface area contributed by atoms with Crippen LogP contribution in [0.3, 0.4) is 0 Å². The molecule has 0 fully saturated rings. The number of anilines is 1. The lowest BCUT2D eigenvalue weighted by molar-refractivity contribution is -0.136. The number of aryl methyl sites for hydroxylation is 3. The van der Waals surface area contributed by atoms with Crippen LogP contribution < -0.4 is 10.6 Å². The van der Waals surface area contributed by atoms with Crippen LogP contribution in [0, 0.1) is 6.92 Å². The quantitative estimate of drug-likeness (QED) is 0.749. The van der Waals surface area contributed by atoms with Gasteiger partial charge in [0.15, 0.2) is 0 Å². The highest BCUT2D eigenvalue weighted by Crippen LogP contribution is 2.35. The maximum absolute atomic E-state index is 12.9. The Morgan fingerprint density at radius 1 is 1.13 bits per heavy atom. The highest BCUT2D eigenvalue weighted by atomic mass is 16.5. The van der Waals surface area contributed by atoms with Gasteiger partial charge in [-0.05, 0) is 55.0 Å². The van der Waals surface area contributed by atoms with E-state index >= 15 is 0 Å². The van der Waals surface area contributed by atoms with Gasteiger partial charge in [0.25, 0.3) is 0 Å². The molecule has 1 atom stereocenters. The first-order chi connectivity index (χ1) is 15.0. The third-order valence-electron chi connectivity index (χ3n) is 6.09. The second-order valence-corrected chi connectivity index (χ2v) is 8.20. The number of ether oxygens (including phenoxy) is 1. The van der Waals surface area contributed by atoms with E-state index in [9.17, 15) is 14.4 Å². The minimum absolute atomic E-state index is 0.0178. The first-order valence-electron chi connectivity index (χ1n) is 10.5. The van der Waals surface area contributed by atoms with Crippen molar-refractivity contribution < 1.29 is 19.1 Å². The molecule has 7 nitrogen and oxygen atoms in total. The van der Waals surface area contributed by atoms with E-state index in [0.717, 1.165) is 30.4 Å². The van der Waals surface area contributed by atoms with Crippen molar-refractivity contribution in [2.24, 2.45) is 0 Å². The molecule has 0 unspecified atom stereocenters. The van der Waals surface area contributed by atoms with Crippen LogP contribution >= 0.6 is 0 Å². The molecule has 2 aliphatic heterocycles. The van der Waals surface area contributed by atoms with Gasteiger partial charge in [0.2, 0.25) is 5.91 Å². The smallest absolute Gasteiger partial charge is 0.338 e. The van der Waals surface area contributed by atoms with Crippen LogP contribution in [0.1, 0.15) is 34.7 Å². The monoisotopic (exact) mass is 417 g/mol. The minimum atomic E-state index is -0.589. The minimum Gasteiger partial charge on any atom is -0.456 e. The third kappa shape index (κ3) is 3.56. The number of carbonyl (C=O) groups is 3. The zero-order chi connectivity index (χ0) is 21.5. The van der Waals surface area contributed by atoms with Gasteiger partial charge in [0, 0.05) is 5.69 Å². The molecule has 0 saturated heterocycles. The Bertz CT molecular complexity index is 1120. The first kappa shape index (κ1) is 19.4. The summed E-state index contributed by atoms with van der Waals surface area (Å²) in [4.78, 5) is 39.3. The largest absolute Gasteiger partial charge is 0.456 e. The average Bonchev–Trinajstić information content (AvgIpc) is 3.37. The number of nitrogens with zero attached hydrogens (tertiary/aromatic N) is 1. The van der Waals surface area contributed by atoms with E-state index in [4.69, 9.17) is 4.74 Å². The van der Waals surface area contributed by atoms with Gasteiger partial charge in [-0.15, -0.1) is 0 Å². The van der Waals surface area contributed by atoms with Gasteiger partial charge < -0.3 is 15.4 Å². The normalized spacial score (nSPS) is 19.6. The third-order valence-corrected chi connectivity index (χ3v) is 6.09. The Balaban J connectivity index is 1.37. The summed E-state index contributed by atoms with van der Waals surface area (Å²) in [5, 5.41) is 5.73. The van der Waals surface area contributed by atoms with Gasteiger partial charge in [0.1, 0.15) is 13.2 Å². The molecule has 7 heteroatoms. The van der Waals surface area contributed by atoms with E-state index in [0.29, 0.717) is 17.0 Å². The average molecular weight is 417 g/mol. The Labute approximate surface area is 180 Å². The number of esters is 1. The standard InChI is InChI=1S/C24H23N3O4/c1-14-5-7-16(8-6-14)22-21-19(13-31-23(21)29)27(24(30)26-22)12-20(28)25-18-10-9-15-3-2-4-17(15)11-18/h5-11,22H,2-4,12-13H2,1H3,(H,25,28)(H,26,30)/t22-/m1/s1. The van der Waals surface area contributed by atoms with Gasteiger partial charge in [-0.1, -0.05) is 35.9 Å². The molecule has 2 heterocycles. The summed E-state index contributed by atoms with van der Waals surface area (Å²) in [6.45, 7) is 1.76. The van der Waals surface area contributed by atoms with Crippen LogP contribution in [0.5, 0.6) is 0 Å². The SMILES string of the molecule is Cc1ccc([C@H]2NC(=O)N(CC(=O)Nc3ccc4c(c3)CCC4)C3=C2C(=O)OC3)cc1. The van der Waals surface area contributed by atoms with E-state index in [1.807, 2.05) is 49.4 Å². The van der Waals surface area contributed by atoms with Crippen LogP contribution in [0.2, 0.25) is 0 Å². The van der Waals surface area contributed by atoms with Crippen LogP contribution in [0.15, 0.2) is 53.7 Å². The molecule has 1 aliphatic carbocycles. The molecule has 2 aromatic rings. The molecule has 0 spiro atoms. The second-order valence-electron chi connectivity index (χ2n) is 8.20. The summed E-state index contributed by atoms with van der Waals surface area (Å²) in [5.41, 5.74) is 6.01. The van der Waals surface area contributed by atoms with Crippen molar-refractivity contribution >= 4 is 23.6 Å². The fourth-order valence-corrected chi connectivity index (χ4v) is 4.48. The summed E-state index contributed by atoms with van der Waals surface area (Å²) in [5.74, 6) is -0.794. The zero-order valence-electron chi connectivity index (χ0n) is 17.2. The van der Waals surface area contributed by atoms with E-state index in [1.54, 1.807) is 0 Å². The molecule has 2 N–H and O–H groups in total. The van der Waals surface area contributed by atoms with Gasteiger partial charge >= 0.3 is 12.0 Å². The zero-order valence-corrected chi connectivity index (χ0v) is 17.2. The molecular weight excluding hydrogens is 394 g/mol. The van der Waals surface area contributed by atoms with Gasteiger partial charge in [-0.25, -0.2) is 9.59 Å². The number of rotatable bonds is 4. The van der Waals surface area contributed by atoms with Crippen LogP contribution in [-0.4, -0.2) is 36.0 Å².